The average Bonchev–Trinajstić information content (AvgIpc) is 3.48. The number of carbonyl (C=O) groups is 1. The van der Waals surface area contributed by atoms with Gasteiger partial charge in [-0.3, -0.25) is 4.79 Å². The van der Waals surface area contributed by atoms with Crippen molar-refractivity contribution < 1.29 is 18.0 Å². The van der Waals surface area contributed by atoms with Crippen molar-refractivity contribution >= 4 is 11.5 Å². The number of amides is 1. The number of halogens is 3. The zero-order chi connectivity index (χ0) is 19.0. The van der Waals surface area contributed by atoms with Crippen LogP contribution in [-0.4, -0.2) is 23.9 Å². The van der Waals surface area contributed by atoms with Crippen LogP contribution in [0.2, 0.25) is 0 Å². The molecule has 1 saturated carbocycles. The Morgan fingerprint density at radius 2 is 1.70 bits per heavy atom. The second-order valence-corrected chi connectivity index (χ2v) is 7.16. The Morgan fingerprint density at radius 3 is 2.37 bits per heavy atom. The highest BCUT2D eigenvalue weighted by Crippen LogP contribution is 2.51. The van der Waals surface area contributed by atoms with Crippen LogP contribution in [0.15, 0.2) is 60.7 Å². The third kappa shape index (κ3) is 3.64. The first kappa shape index (κ1) is 17.8. The lowest BCUT2D eigenvalue weighted by molar-refractivity contribution is -0.138. The first-order chi connectivity index (χ1) is 12.9. The van der Waals surface area contributed by atoms with Crippen molar-refractivity contribution in [2.45, 2.75) is 24.9 Å². The topological polar surface area (TPSA) is 20.3 Å². The van der Waals surface area contributed by atoms with Crippen LogP contribution >= 0.6 is 0 Å². The molecule has 0 spiro atoms. The predicted octanol–water partition coefficient (Wildman–Crippen LogP) is 5.12. The summed E-state index contributed by atoms with van der Waals surface area (Å²) in [4.78, 5) is 14.5. The Balaban J connectivity index is 1.44. The van der Waals surface area contributed by atoms with Crippen molar-refractivity contribution in [3.63, 3.8) is 0 Å². The molecule has 2 aromatic carbocycles. The summed E-state index contributed by atoms with van der Waals surface area (Å²) in [7, 11) is 0. The molecule has 0 N–H and O–H groups in total. The summed E-state index contributed by atoms with van der Waals surface area (Å²) in [6.07, 6.45) is -1.06. The Bertz CT molecular complexity index is 873. The molecular formula is C22H20F3NO. The van der Waals surface area contributed by atoms with E-state index in [0.717, 1.165) is 18.1 Å². The highest BCUT2D eigenvalue weighted by atomic mass is 19.4. The quantitative estimate of drug-likeness (QED) is 0.733. The number of rotatable bonds is 3. The fourth-order valence-electron chi connectivity index (χ4n) is 3.91. The molecule has 0 bridgehead atoms. The lowest BCUT2D eigenvalue weighted by Gasteiger charge is -2.27. The standard InChI is InChI=1S/C22H20F3NO/c23-22(24,25)20-9-5-4-8-17(20)18-14-19(18)21(27)26-12-10-16(11-13-26)15-6-2-1-3-7-15/h1-10,18-19H,11-14H2. The molecule has 1 heterocycles. The smallest absolute Gasteiger partial charge is 0.338 e. The molecule has 0 saturated heterocycles. The molecule has 2 nitrogen and oxygen atoms in total. The summed E-state index contributed by atoms with van der Waals surface area (Å²) >= 11 is 0. The van der Waals surface area contributed by atoms with E-state index in [4.69, 9.17) is 0 Å². The van der Waals surface area contributed by atoms with Gasteiger partial charge in [-0.1, -0.05) is 54.6 Å². The Labute approximate surface area is 156 Å². The van der Waals surface area contributed by atoms with E-state index in [1.807, 2.05) is 30.3 Å². The van der Waals surface area contributed by atoms with Gasteiger partial charge in [0.05, 0.1) is 5.56 Å². The van der Waals surface area contributed by atoms with E-state index in [2.05, 4.69) is 6.08 Å². The van der Waals surface area contributed by atoms with Crippen LogP contribution in [0.25, 0.3) is 5.57 Å². The number of alkyl halides is 3. The van der Waals surface area contributed by atoms with Crippen LogP contribution in [0.1, 0.15) is 35.4 Å². The lowest BCUT2D eigenvalue weighted by atomic mass is 9.98. The molecule has 1 fully saturated rings. The minimum Gasteiger partial charge on any atom is -0.338 e. The first-order valence-corrected chi connectivity index (χ1v) is 9.14. The van der Waals surface area contributed by atoms with Crippen LogP contribution in [0.4, 0.5) is 13.2 Å². The third-order valence-corrected chi connectivity index (χ3v) is 5.44. The van der Waals surface area contributed by atoms with Gasteiger partial charge < -0.3 is 4.90 Å². The largest absolute Gasteiger partial charge is 0.416 e. The van der Waals surface area contributed by atoms with E-state index in [1.165, 1.54) is 17.7 Å². The summed E-state index contributed by atoms with van der Waals surface area (Å²) < 4.78 is 39.7. The number of carbonyl (C=O) groups excluding carboxylic acids is 1. The minimum absolute atomic E-state index is 0.0275. The van der Waals surface area contributed by atoms with Crippen LogP contribution in [0, 0.1) is 5.92 Å². The summed E-state index contributed by atoms with van der Waals surface area (Å²) in [6, 6.07) is 15.7. The fraction of sp³-hybridized carbons (Fsp3) is 0.318. The highest BCUT2D eigenvalue weighted by molar-refractivity contribution is 5.84. The van der Waals surface area contributed by atoms with Gasteiger partial charge in [0.2, 0.25) is 5.91 Å². The first-order valence-electron chi connectivity index (χ1n) is 9.14. The Hall–Kier alpha value is -2.56. The van der Waals surface area contributed by atoms with E-state index in [0.29, 0.717) is 19.5 Å². The second-order valence-electron chi connectivity index (χ2n) is 7.16. The zero-order valence-electron chi connectivity index (χ0n) is 14.7. The maximum atomic E-state index is 13.2. The maximum absolute atomic E-state index is 13.2. The third-order valence-electron chi connectivity index (χ3n) is 5.44. The number of hydrogen-bond donors (Lipinski definition) is 0. The van der Waals surface area contributed by atoms with E-state index in [-0.39, 0.29) is 23.3 Å². The fourth-order valence-corrected chi connectivity index (χ4v) is 3.91. The summed E-state index contributed by atoms with van der Waals surface area (Å²) in [5.41, 5.74) is 2.01. The van der Waals surface area contributed by atoms with Crippen molar-refractivity contribution in [3.05, 3.63) is 77.4 Å². The van der Waals surface area contributed by atoms with Crippen LogP contribution < -0.4 is 0 Å². The summed E-state index contributed by atoms with van der Waals surface area (Å²) in [5, 5.41) is 0. The molecule has 2 aliphatic rings. The average molecular weight is 371 g/mol. The van der Waals surface area contributed by atoms with Crippen molar-refractivity contribution in [1.29, 1.82) is 0 Å². The van der Waals surface area contributed by atoms with Crippen molar-refractivity contribution in [3.8, 4) is 0 Å². The molecule has 2 aromatic rings. The van der Waals surface area contributed by atoms with E-state index < -0.39 is 11.7 Å². The maximum Gasteiger partial charge on any atom is 0.416 e. The van der Waals surface area contributed by atoms with Gasteiger partial charge >= 0.3 is 6.18 Å². The van der Waals surface area contributed by atoms with Gasteiger partial charge in [-0.25, -0.2) is 0 Å². The molecule has 1 aliphatic heterocycles. The molecule has 1 aliphatic carbocycles. The van der Waals surface area contributed by atoms with Crippen molar-refractivity contribution in [2.24, 2.45) is 5.92 Å². The molecule has 2 unspecified atom stereocenters. The van der Waals surface area contributed by atoms with Crippen molar-refractivity contribution in [2.75, 3.05) is 13.1 Å². The molecular weight excluding hydrogens is 351 g/mol. The molecule has 27 heavy (non-hydrogen) atoms. The van der Waals surface area contributed by atoms with Gasteiger partial charge in [0.15, 0.2) is 0 Å². The molecule has 140 valence electrons. The SMILES string of the molecule is O=C(C1CC1c1ccccc1C(F)(F)F)N1CC=C(c2ccccc2)CC1. The molecule has 2 atom stereocenters. The van der Waals surface area contributed by atoms with Gasteiger partial charge in [-0.05, 0) is 41.5 Å². The van der Waals surface area contributed by atoms with Crippen LogP contribution in [0.5, 0.6) is 0 Å². The minimum atomic E-state index is -4.38. The molecule has 1 amide bonds. The van der Waals surface area contributed by atoms with Crippen LogP contribution in [0.3, 0.4) is 0 Å². The number of nitrogens with zero attached hydrogens (tertiary/aromatic N) is 1. The monoisotopic (exact) mass is 371 g/mol. The van der Waals surface area contributed by atoms with Gasteiger partial charge in [0.25, 0.3) is 0 Å². The van der Waals surface area contributed by atoms with Gasteiger partial charge in [0.1, 0.15) is 0 Å². The van der Waals surface area contributed by atoms with Gasteiger partial charge in [-0.2, -0.15) is 13.2 Å². The zero-order valence-corrected chi connectivity index (χ0v) is 14.7. The molecule has 0 aromatic heterocycles. The number of benzene rings is 2. The van der Waals surface area contributed by atoms with Gasteiger partial charge in [-0.15, -0.1) is 0 Å². The molecule has 4 rings (SSSR count). The lowest BCUT2D eigenvalue weighted by Crippen LogP contribution is -2.36. The van der Waals surface area contributed by atoms with Crippen molar-refractivity contribution in [1.82, 2.24) is 4.90 Å². The normalized spacial score (nSPS) is 22.3. The Kier molecular flexibility index (Phi) is 4.54. The Morgan fingerprint density at radius 1 is 1.00 bits per heavy atom. The second kappa shape index (κ2) is 6.87. The highest BCUT2D eigenvalue weighted by Gasteiger charge is 2.49. The predicted molar refractivity (Wildman–Crippen MR) is 97.9 cm³/mol. The van der Waals surface area contributed by atoms with E-state index in [1.54, 1.807) is 11.0 Å². The van der Waals surface area contributed by atoms with E-state index in [9.17, 15) is 18.0 Å². The number of hydrogen-bond acceptors (Lipinski definition) is 1. The van der Waals surface area contributed by atoms with E-state index >= 15 is 0 Å². The summed E-state index contributed by atoms with van der Waals surface area (Å²) in [5.74, 6) is -0.685. The van der Waals surface area contributed by atoms with Crippen LogP contribution in [-0.2, 0) is 11.0 Å². The molecule has 5 heteroatoms. The summed E-state index contributed by atoms with van der Waals surface area (Å²) in [6.45, 7) is 1.14. The van der Waals surface area contributed by atoms with Gasteiger partial charge in [0, 0.05) is 19.0 Å². The molecule has 0 radical (unpaired) electrons.